The number of hydrogen-bond acceptors (Lipinski definition) is 3. The van der Waals surface area contributed by atoms with Gasteiger partial charge in [-0.3, -0.25) is 9.59 Å². The number of amides is 2. The molecule has 0 unspecified atom stereocenters. The van der Waals surface area contributed by atoms with Crippen molar-refractivity contribution < 1.29 is 18.7 Å². The fourth-order valence-corrected chi connectivity index (χ4v) is 4.01. The van der Waals surface area contributed by atoms with Gasteiger partial charge in [0.1, 0.15) is 17.6 Å². The molecule has 2 amide bonds. The summed E-state index contributed by atoms with van der Waals surface area (Å²) in [5, 5.41) is 3.07. The Morgan fingerprint density at radius 1 is 1.20 bits per heavy atom. The van der Waals surface area contributed by atoms with E-state index in [-0.39, 0.29) is 36.8 Å². The summed E-state index contributed by atoms with van der Waals surface area (Å²) in [7, 11) is 0. The summed E-state index contributed by atoms with van der Waals surface area (Å²) < 4.78 is 19.5. The number of hydrogen-bond donors (Lipinski definition) is 1. The van der Waals surface area contributed by atoms with Crippen LogP contribution in [0.25, 0.3) is 0 Å². The van der Waals surface area contributed by atoms with Crippen LogP contribution in [-0.2, 0) is 16.1 Å². The van der Waals surface area contributed by atoms with Gasteiger partial charge in [0.05, 0.1) is 0 Å². The van der Waals surface area contributed by atoms with Crippen LogP contribution in [0.3, 0.4) is 0 Å². The van der Waals surface area contributed by atoms with Crippen LogP contribution in [0.4, 0.5) is 4.39 Å². The second kappa shape index (κ2) is 10.6. The molecule has 1 aliphatic carbocycles. The van der Waals surface area contributed by atoms with Crippen molar-refractivity contribution >= 4 is 27.7 Å². The third kappa shape index (κ3) is 6.29. The van der Waals surface area contributed by atoms with Gasteiger partial charge >= 0.3 is 0 Å². The fraction of sp³-hybridized carbons (Fsp3) is 0.391. The van der Waals surface area contributed by atoms with Crippen LogP contribution in [0.2, 0.25) is 0 Å². The highest BCUT2D eigenvalue weighted by atomic mass is 79.9. The molecule has 30 heavy (non-hydrogen) atoms. The Labute approximate surface area is 184 Å². The van der Waals surface area contributed by atoms with E-state index in [9.17, 15) is 14.0 Å². The second-order valence-electron chi connectivity index (χ2n) is 7.56. The molecular weight excluding hydrogens is 451 g/mol. The minimum atomic E-state index is -0.645. The first-order valence-corrected chi connectivity index (χ1v) is 10.9. The Kier molecular flexibility index (Phi) is 7.85. The number of ether oxygens (including phenoxy) is 1. The Morgan fingerprint density at radius 3 is 2.57 bits per heavy atom. The number of rotatable bonds is 8. The van der Waals surface area contributed by atoms with Gasteiger partial charge in [0.25, 0.3) is 5.91 Å². The normalized spacial score (nSPS) is 14.9. The van der Waals surface area contributed by atoms with Crippen LogP contribution < -0.4 is 10.1 Å². The van der Waals surface area contributed by atoms with E-state index in [4.69, 9.17) is 4.74 Å². The van der Waals surface area contributed by atoms with Crippen LogP contribution in [0.15, 0.2) is 53.0 Å². The highest BCUT2D eigenvalue weighted by molar-refractivity contribution is 9.10. The first kappa shape index (κ1) is 22.3. The van der Waals surface area contributed by atoms with Crippen LogP contribution in [0, 0.1) is 5.82 Å². The monoisotopic (exact) mass is 476 g/mol. The molecule has 0 spiro atoms. The van der Waals surface area contributed by atoms with Crippen molar-refractivity contribution in [3.05, 3.63) is 64.4 Å². The molecule has 5 nitrogen and oxygen atoms in total. The first-order chi connectivity index (χ1) is 14.4. The van der Waals surface area contributed by atoms with E-state index >= 15 is 0 Å². The van der Waals surface area contributed by atoms with Crippen molar-refractivity contribution in [3.63, 3.8) is 0 Å². The molecule has 1 N–H and O–H groups in total. The zero-order valence-electron chi connectivity index (χ0n) is 16.9. The molecule has 0 bridgehead atoms. The summed E-state index contributed by atoms with van der Waals surface area (Å²) in [6.45, 7) is 1.78. The molecular formula is C23H26BrFN2O3. The predicted octanol–water partition coefficient (Wildman–Crippen LogP) is 4.44. The second-order valence-corrected chi connectivity index (χ2v) is 8.48. The van der Waals surface area contributed by atoms with Crippen molar-refractivity contribution in [1.29, 1.82) is 0 Å². The molecule has 0 saturated heterocycles. The molecule has 2 aromatic carbocycles. The smallest absolute Gasteiger partial charge is 0.261 e. The summed E-state index contributed by atoms with van der Waals surface area (Å²) in [4.78, 5) is 27.3. The Hall–Kier alpha value is -2.41. The molecule has 160 valence electrons. The van der Waals surface area contributed by atoms with Gasteiger partial charge in [-0.05, 0) is 61.7 Å². The molecule has 0 aliphatic heterocycles. The largest absolute Gasteiger partial charge is 0.484 e. The Bertz CT molecular complexity index is 869. The van der Waals surface area contributed by atoms with E-state index in [0.29, 0.717) is 5.75 Å². The standard InChI is InChI=1S/C23H26BrFN2O3/c1-16(23(29)26-20-7-2-3-8-20)27(14-17-5-4-6-18(24)13-17)22(28)15-30-21-11-9-19(25)10-12-21/h4-6,9-13,16,20H,2-3,7-8,14-15H2,1H3,(H,26,29)/t16-/m0/s1. The Morgan fingerprint density at radius 2 is 1.90 bits per heavy atom. The third-order valence-corrected chi connectivity index (χ3v) is 5.78. The SMILES string of the molecule is C[C@@H](C(=O)NC1CCCC1)N(Cc1cccc(Br)c1)C(=O)COc1ccc(F)cc1. The summed E-state index contributed by atoms with van der Waals surface area (Å²) in [6, 6.07) is 12.6. The van der Waals surface area contributed by atoms with Crippen molar-refractivity contribution in [1.82, 2.24) is 10.2 Å². The summed E-state index contributed by atoms with van der Waals surface area (Å²) in [5.41, 5.74) is 0.903. The zero-order chi connectivity index (χ0) is 21.5. The number of halogens is 2. The molecule has 2 aromatic rings. The van der Waals surface area contributed by atoms with Gasteiger partial charge in [0.2, 0.25) is 5.91 Å². The number of carbonyl (C=O) groups excluding carboxylic acids is 2. The van der Waals surface area contributed by atoms with Gasteiger partial charge in [0.15, 0.2) is 6.61 Å². The lowest BCUT2D eigenvalue weighted by molar-refractivity contribution is -0.142. The number of nitrogens with zero attached hydrogens (tertiary/aromatic N) is 1. The lowest BCUT2D eigenvalue weighted by Gasteiger charge is -2.29. The highest BCUT2D eigenvalue weighted by Gasteiger charge is 2.28. The molecule has 0 heterocycles. The number of benzene rings is 2. The number of carbonyl (C=O) groups is 2. The number of nitrogens with one attached hydrogen (secondary N) is 1. The quantitative estimate of drug-likeness (QED) is 0.612. The third-order valence-electron chi connectivity index (χ3n) is 5.29. The zero-order valence-corrected chi connectivity index (χ0v) is 18.5. The fourth-order valence-electron chi connectivity index (χ4n) is 3.57. The summed E-state index contributed by atoms with van der Waals surface area (Å²) >= 11 is 3.44. The Balaban J connectivity index is 1.70. The maximum absolute atomic E-state index is 13.1. The van der Waals surface area contributed by atoms with Crippen molar-refractivity contribution in [2.45, 2.75) is 51.2 Å². The maximum Gasteiger partial charge on any atom is 0.261 e. The lowest BCUT2D eigenvalue weighted by Crippen LogP contribution is -2.50. The summed E-state index contributed by atoms with van der Waals surface area (Å²) in [5.74, 6) is -0.446. The van der Waals surface area contributed by atoms with Gasteiger partial charge in [-0.2, -0.15) is 0 Å². The molecule has 1 aliphatic rings. The van der Waals surface area contributed by atoms with Gasteiger partial charge in [-0.1, -0.05) is 40.9 Å². The van der Waals surface area contributed by atoms with E-state index in [0.717, 1.165) is 35.7 Å². The minimum Gasteiger partial charge on any atom is -0.484 e. The van der Waals surface area contributed by atoms with Crippen molar-refractivity contribution in [2.75, 3.05) is 6.61 Å². The van der Waals surface area contributed by atoms with Gasteiger partial charge in [-0.25, -0.2) is 4.39 Å². The first-order valence-electron chi connectivity index (χ1n) is 10.1. The molecule has 1 saturated carbocycles. The van der Waals surface area contributed by atoms with Crippen LogP contribution in [0.1, 0.15) is 38.2 Å². The highest BCUT2D eigenvalue weighted by Crippen LogP contribution is 2.19. The average molecular weight is 477 g/mol. The molecule has 7 heteroatoms. The van der Waals surface area contributed by atoms with Crippen molar-refractivity contribution in [3.8, 4) is 5.75 Å². The van der Waals surface area contributed by atoms with Gasteiger partial charge in [0, 0.05) is 17.1 Å². The van der Waals surface area contributed by atoms with Gasteiger partial charge < -0.3 is 15.0 Å². The molecule has 3 rings (SSSR count). The van der Waals surface area contributed by atoms with E-state index < -0.39 is 6.04 Å². The van der Waals surface area contributed by atoms with Crippen LogP contribution >= 0.6 is 15.9 Å². The van der Waals surface area contributed by atoms with Gasteiger partial charge in [-0.15, -0.1) is 0 Å². The van der Waals surface area contributed by atoms with E-state index in [1.165, 1.54) is 29.2 Å². The lowest BCUT2D eigenvalue weighted by atomic mass is 10.1. The van der Waals surface area contributed by atoms with E-state index in [1.54, 1.807) is 6.92 Å². The molecule has 0 radical (unpaired) electrons. The molecule has 0 aromatic heterocycles. The topological polar surface area (TPSA) is 58.6 Å². The average Bonchev–Trinajstić information content (AvgIpc) is 3.24. The van der Waals surface area contributed by atoms with Crippen LogP contribution in [0.5, 0.6) is 5.75 Å². The predicted molar refractivity (Wildman–Crippen MR) is 116 cm³/mol. The molecule has 1 atom stereocenters. The maximum atomic E-state index is 13.1. The summed E-state index contributed by atoms with van der Waals surface area (Å²) in [6.07, 6.45) is 4.19. The van der Waals surface area contributed by atoms with Crippen molar-refractivity contribution in [2.24, 2.45) is 0 Å². The van der Waals surface area contributed by atoms with E-state index in [1.807, 2.05) is 24.3 Å². The van der Waals surface area contributed by atoms with E-state index in [2.05, 4.69) is 21.2 Å². The van der Waals surface area contributed by atoms with Crippen LogP contribution in [-0.4, -0.2) is 35.4 Å². The molecule has 1 fully saturated rings. The minimum absolute atomic E-state index is 0.160.